The fourth-order valence-corrected chi connectivity index (χ4v) is 13.5. The fraction of sp³-hybridized carbons (Fsp3) is 0.0417. The molecule has 0 N–H and O–H groups in total. The summed E-state index contributed by atoms with van der Waals surface area (Å²) in [6, 6.07) is 58.4. The van der Waals surface area contributed by atoms with Crippen LogP contribution in [0.25, 0.3) is 95.6 Å². The first-order valence-electron chi connectivity index (χ1n) is 18.4. The van der Waals surface area contributed by atoms with Crippen molar-refractivity contribution in [2.75, 3.05) is 0 Å². The van der Waals surface area contributed by atoms with Crippen LogP contribution < -0.4 is 0 Å². The number of para-hydroxylation sites is 6. The lowest BCUT2D eigenvalue weighted by molar-refractivity contribution is 0.738. The number of hydrogen-bond donors (Lipinski definition) is 0. The van der Waals surface area contributed by atoms with Gasteiger partial charge in [-0.25, -0.2) is 0 Å². The highest BCUT2D eigenvalue weighted by Gasteiger charge is 2.32. The van der Waals surface area contributed by atoms with Crippen LogP contribution in [0.2, 0.25) is 0 Å². The Kier molecular flexibility index (Phi) is 5.98. The quantitative estimate of drug-likeness (QED) is 0.176. The second kappa shape index (κ2) is 10.9. The standard InChI is InChI=1S/C48H29N3S3/c1-7-19-37-28(13-1)29-14-2-8-20-38(29)49(37)43-25-34-46(52-43)35-26-44(50-39-21-9-3-15-30(39)31-16-4-10-22-40(31)50)54-48(35)36-27-45(53-47(34)36)51-41-23-11-5-17-32(41)33-18-6-12-24-42(33)51/h1-26,45H,27H2. The van der Waals surface area contributed by atoms with E-state index < -0.39 is 0 Å². The maximum Gasteiger partial charge on any atom is 0.101 e. The third-order valence-corrected chi connectivity index (χ3v) is 15.3. The molecule has 0 spiro atoms. The number of thioether (sulfide) groups is 1. The lowest BCUT2D eigenvalue weighted by atomic mass is 10.1. The lowest BCUT2D eigenvalue weighted by Crippen LogP contribution is -2.03. The van der Waals surface area contributed by atoms with Crippen molar-refractivity contribution in [1.29, 1.82) is 0 Å². The molecular weight excluding hydrogens is 715 g/mol. The van der Waals surface area contributed by atoms with E-state index in [0.29, 0.717) is 0 Å². The molecule has 0 bridgehead atoms. The number of nitrogens with zero attached hydrogens (tertiary/aromatic N) is 3. The van der Waals surface area contributed by atoms with Gasteiger partial charge in [0, 0.05) is 63.8 Å². The van der Waals surface area contributed by atoms with E-state index in [1.54, 1.807) is 0 Å². The third kappa shape index (κ3) is 3.87. The second-order valence-electron chi connectivity index (χ2n) is 14.4. The molecule has 0 aliphatic carbocycles. The van der Waals surface area contributed by atoms with Crippen molar-refractivity contribution >= 4 is 120 Å². The highest BCUT2D eigenvalue weighted by molar-refractivity contribution is 8.00. The van der Waals surface area contributed by atoms with Crippen molar-refractivity contribution in [3.63, 3.8) is 0 Å². The van der Waals surface area contributed by atoms with Gasteiger partial charge in [-0.15, -0.1) is 22.7 Å². The Morgan fingerprint density at radius 1 is 0.389 bits per heavy atom. The van der Waals surface area contributed by atoms with Crippen molar-refractivity contribution in [3.8, 4) is 10.0 Å². The Labute approximate surface area is 321 Å². The van der Waals surface area contributed by atoms with Crippen LogP contribution in [0.3, 0.4) is 0 Å². The summed E-state index contributed by atoms with van der Waals surface area (Å²) in [5, 5.41) is 13.4. The number of hydrogen-bond acceptors (Lipinski definition) is 3. The topological polar surface area (TPSA) is 14.8 Å². The molecule has 1 atom stereocenters. The van der Waals surface area contributed by atoms with Crippen LogP contribution in [-0.4, -0.2) is 13.7 Å². The van der Waals surface area contributed by atoms with Crippen LogP contribution in [0.1, 0.15) is 10.9 Å². The molecule has 6 heteroatoms. The van der Waals surface area contributed by atoms with Crippen LogP contribution in [0, 0.1) is 0 Å². The Morgan fingerprint density at radius 3 is 1.22 bits per heavy atom. The summed E-state index contributed by atoms with van der Waals surface area (Å²) in [5.74, 6) is 0. The van der Waals surface area contributed by atoms with E-state index >= 15 is 0 Å². The van der Waals surface area contributed by atoms with E-state index in [1.165, 1.54) is 106 Å². The first kappa shape index (κ1) is 29.6. The summed E-state index contributed by atoms with van der Waals surface area (Å²) < 4.78 is 10.4. The highest BCUT2D eigenvalue weighted by atomic mass is 32.2. The molecule has 1 aliphatic heterocycles. The van der Waals surface area contributed by atoms with Crippen LogP contribution >= 0.6 is 34.4 Å². The zero-order valence-electron chi connectivity index (χ0n) is 28.9. The molecule has 13 rings (SSSR count). The predicted molar refractivity (Wildman–Crippen MR) is 234 cm³/mol. The third-order valence-electron chi connectivity index (χ3n) is 11.6. The van der Waals surface area contributed by atoms with Gasteiger partial charge in [0.1, 0.15) is 10.0 Å². The van der Waals surface area contributed by atoms with Crippen molar-refractivity contribution in [2.45, 2.75) is 16.7 Å². The molecule has 1 aliphatic rings. The fourth-order valence-electron chi connectivity index (χ4n) is 9.40. The summed E-state index contributed by atoms with van der Waals surface area (Å²) in [6.07, 6.45) is 0.975. The number of fused-ring (bicyclic) bond motifs is 15. The van der Waals surface area contributed by atoms with Gasteiger partial charge in [0.15, 0.2) is 0 Å². The van der Waals surface area contributed by atoms with Crippen LogP contribution in [0.4, 0.5) is 0 Å². The summed E-state index contributed by atoms with van der Waals surface area (Å²) in [6.45, 7) is 0. The molecule has 7 aromatic carbocycles. The van der Waals surface area contributed by atoms with Gasteiger partial charge in [-0.05, 0) is 54.1 Å². The van der Waals surface area contributed by atoms with Gasteiger partial charge in [0.2, 0.25) is 0 Å². The molecule has 0 fully saturated rings. The van der Waals surface area contributed by atoms with Crippen LogP contribution in [0.15, 0.2) is 163 Å². The zero-order chi connectivity index (χ0) is 35.1. The molecule has 54 heavy (non-hydrogen) atoms. The monoisotopic (exact) mass is 743 g/mol. The summed E-state index contributed by atoms with van der Waals surface area (Å²) >= 11 is 5.96. The first-order valence-corrected chi connectivity index (χ1v) is 20.9. The van der Waals surface area contributed by atoms with Gasteiger partial charge in [-0.1, -0.05) is 121 Å². The maximum atomic E-state index is 2.62. The minimum absolute atomic E-state index is 0.244. The van der Waals surface area contributed by atoms with Gasteiger partial charge in [0.05, 0.1) is 38.5 Å². The minimum atomic E-state index is 0.244. The summed E-state index contributed by atoms with van der Waals surface area (Å²) in [5.41, 5.74) is 9.13. The van der Waals surface area contributed by atoms with Crippen molar-refractivity contribution in [2.24, 2.45) is 0 Å². The second-order valence-corrected chi connectivity index (χ2v) is 17.6. The molecule has 0 radical (unpaired) electrons. The van der Waals surface area contributed by atoms with Gasteiger partial charge in [-0.2, -0.15) is 0 Å². The number of rotatable bonds is 3. The molecule has 12 aromatic rings. The van der Waals surface area contributed by atoms with Gasteiger partial charge in [-0.3, -0.25) is 0 Å². The lowest BCUT2D eigenvalue weighted by Gasteiger charge is -2.14. The highest BCUT2D eigenvalue weighted by Crippen LogP contribution is 2.56. The van der Waals surface area contributed by atoms with Gasteiger partial charge >= 0.3 is 0 Å². The molecule has 0 amide bonds. The Bertz CT molecular complexity index is 3200. The molecule has 1 unspecified atom stereocenters. The molecular formula is C48H29N3S3. The van der Waals surface area contributed by atoms with Crippen LogP contribution in [-0.2, 0) is 6.42 Å². The summed E-state index contributed by atoms with van der Waals surface area (Å²) in [7, 11) is 0. The molecule has 3 nitrogen and oxygen atoms in total. The van der Waals surface area contributed by atoms with Crippen LogP contribution in [0.5, 0.6) is 0 Å². The van der Waals surface area contributed by atoms with E-state index in [-0.39, 0.29) is 5.37 Å². The Balaban J connectivity index is 1.11. The molecule has 0 saturated heterocycles. The van der Waals surface area contributed by atoms with E-state index in [0.717, 1.165) is 6.42 Å². The largest absolute Gasteiger partial charge is 0.327 e. The van der Waals surface area contributed by atoms with Crippen molar-refractivity contribution in [3.05, 3.63) is 163 Å². The van der Waals surface area contributed by atoms with Crippen molar-refractivity contribution < 1.29 is 0 Å². The van der Waals surface area contributed by atoms with E-state index in [1.807, 2.05) is 22.7 Å². The van der Waals surface area contributed by atoms with E-state index in [4.69, 9.17) is 0 Å². The predicted octanol–water partition coefficient (Wildman–Crippen LogP) is 14.3. The van der Waals surface area contributed by atoms with Gasteiger partial charge < -0.3 is 13.7 Å². The van der Waals surface area contributed by atoms with Gasteiger partial charge in [0.25, 0.3) is 0 Å². The minimum Gasteiger partial charge on any atom is -0.327 e. The SMILES string of the molecule is c1ccc2c(c1)c1ccccc1n2-c1cc2c(s1)c1c(c3cc(-n4c5ccccc5c5ccccc54)sc32)SC(n2c3ccccc3c3ccccc32)C1. The normalized spacial score (nSPS) is 14.7. The average molecular weight is 744 g/mol. The summed E-state index contributed by atoms with van der Waals surface area (Å²) in [4.78, 5) is 1.43. The molecule has 6 heterocycles. The molecule has 254 valence electrons. The number of benzene rings is 7. The molecule has 5 aromatic heterocycles. The number of thiophene rings is 2. The van der Waals surface area contributed by atoms with E-state index in [2.05, 4.69) is 183 Å². The van der Waals surface area contributed by atoms with E-state index in [9.17, 15) is 0 Å². The first-order chi connectivity index (χ1) is 26.8. The average Bonchev–Trinajstić information content (AvgIpc) is 4.07. The Hall–Kier alpha value is -5.79. The zero-order valence-corrected chi connectivity index (χ0v) is 31.3. The molecule has 0 saturated carbocycles. The number of aromatic nitrogens is 3. The maximum absolute atomic E-state index is 2.62. The Morgan fingerprint density at radius 2 is 0.759 bits per heavy atom. The van der Waals surface area contributed by atoms with Crippen molar-refractivity contribution in [1.82, 2.24) is 13.7 Å². The smallest absolute Gasteiger partial charge is 0.101 e.